The van der Waals surface area contributed by atoms with Gasteiger partial charge in [0.2, 0.25) is 0 Å². The van der Waals surface area contributed by atoms with Gasteiger partial charge < -0.3 is 14.8 Å². The van der Waals surface area contributed by atoms with Gasteiger partial charge in [-0.3, -0.25) is 0 Å². The van der Waals surface area contributed by atoms with E-state index in [1.165, 1.54) is 5.56 Å². The molecule has 0 radical (unpaired) electrons. The topological polar surface area (TPSA) is 30.5 Å². The average molecular weight is 263 g/mol. The number of hydrogen-bond acceptors (Lipinski definition) is 3. The highest BCUT2D eigenvalue weighted by Gasteiger charge is 2.15. The molecule has 106 valence electrons. The van der Waals surface area contributed by atoms with Crippen molar-refractivity contribution in [2.24, 2.45) is 0 Å². The highest BCUT2D eigenvalue weighted by Crippen LogP contribution is 2.18. The molecule has 1 aromatic rings. The minimum absolute atomic E-state index is 0.222. The normalized spacial score (nSPS) is 21.1. The summed E-state index contributed by atoms with van der Waals surface area (Å²) >= 11 is 0. The van der Waals surface area contributed by atoms with Gasteiger partial charge in [0, 0.05) is 12.6 Å². The zero-order chi connectivity index (χ0) is 13.5. The largest absolute Gasteiger partial charge is 0.488 e. The fourth-order valence-electron chi connectivity index (χ4n) is 2.47. The van der Waals surface area contributed by atoms with E-state index >= 15 is 0 Å². The summed E-state index contributed by atoms with van der Waals surface area (Å²) in [4.78, 5) is 0. The van der Waals surface area contributed by atoms with Crippen LogP contribution in [0, 0.1) is 0 Å². The molecule has 1 aromatic carbocycles. The van der Waals surface area contributed by atoms with Crippen molar-refractivity contribution in [3.8, 4) is 5.75 Å². The molecule has 1 fully saturated rings. The van der Waals surface area contributed by atoms with Crippen LogP contribution in [0.25, 0.3) is 0 Å². The molecule has 1 heterocycles. The molecule has 2 rings (SSSR count). The van der Waals surface area contributed by atoms with Crippen LogP contribution >= 0.6 is 0 Å². The predicted octanol–water partition coefficient (Wildman–Crippen LogP) is 2.78. The Bertz CT molecular complexity index is 358. The Morgan fingerprint density at radius 1 is 1.37 bits per heavy atom. The van der Waals surface area contributed by atoms with Crippen molar-refractivity contribution in [1.82, 2.24) is 5.32 Å². The standard InChI is InChI=1S/C16H25NO2/c1-3-17-13(2)11-14-6-8-15(9-7-14)19-16-5-4-10-18-12-16/h6-9,13,16-17H,3-5,10-12H2,1-2H3. The van der Waals surface area contributed by atoms with Crippen LogP contribution in [0.4, 0.5) is 0 Å². The second kappa shape index (κ2) is 7.51. The quantitative estimate of drug-likeness (QED) is 0.856. The van der Waals surface area contributed by atoms with Gasteiger partial charge in [-0.15, -0.1) is 0 Å². The molecular weight excluding hydrogens is 238 g/mol. The maximum atomic E-state index is 5.92. The molecule has 3 heteroatoms. The Morgan fingerprint density at radius 3 is 2.79 bits per heavy atom. The van der Waals surface area contributed by atoms with Gasteiger partial charge in [0.1, 0.15) is 11.9 Å². The molecule has 19 heavy (non-hydrogen) atoms. The SMILES string of the molecule is CCNC(C)Cc1ccc(OC2CCCOC2)cc1. The fraction of sp³-hybridized carbons (Fsp3) is 0.625. The zero-order valence-electron chi connectivity index (χ0n) is 12.0. The predicted molar refractivity (Wildman–Crippen MR) is 77.8 cm³/mol. The maximum Gasteiger partial charge on any atom is 0.122 e. The molecule has 3 nitrogen and oxygen atoms in total. The molecular formula is C16H25NO2. The first kappa shape index (κ1) is 14.4. The maximum absolute atomic E-state index is 5.92. The van der Waals surface area contributed by atoms with Crippen LogP contribution in [0.1, 0.15) is 32.3 Å². The summed E-state index contributed by atoms with van der Waals surface area (Å²) in [5, 5.41) is 3.43. The van der Waals surface area contributed by atoms with Crippen LogP contribution in [0.5, 0.6) is 5.75 Å². The lowest BCUT2D eigenvalue weighted by Gasteiger charge is -2.23. The summed E-state index contributed by atoms with van der Waals surface area (Å²) in [7, 11) is 0. The Balaban J connectivity index is 1.83. The molecule has 0 aromatic heterocycles. The smallest absolute Gasteiger partial charge is 0.122 e. The fourth-order valence-corrected chi connectivity index (χ4v) is 2.47. The number of benzene rings is 1. The molecule has 2 unspecified atom stereocenters. The number of rotatable bonds is 6. The van der Waals surface area contributed by atoms with E-state index in [-0.39, 0.29) is 6.10 Å². The van der Waals surface area contributed by atoms with Gasteiger partial charge >= 0.3 is 0 Å². The van der Waals surface area contributed by atoms with Crippen LogP contribution in [-0.2, 0) is 11.2 Å². The third-order valence-corrected chi connectivity index (χ3v) is 3.44. The molecule has 0 aliphatic carbocycles. The third kappa shape index (κ3) is 4.84. The van der Waals surface area contributed by atoms with Gasteiger partial charge in [-0.25, -0.2) is 0 Å². The second-order valence-corrected chi connectivity index (χ2v) is 5.26. The lowest BCUT2D eigenvalue weighted by Crippen LogP contribution is -2.28. The van der Waals surface area contributed by atoms with E-state index in [0.717, 1.165) is 44.8 Å². The van der Waals surface area contributed by atoms with Gasteiger partial charge in [-0.1, -0.05) is 19.1 Å². The van der Waals surface area contributed by atoms with Crippen LogP contribution < -0.4 is 10.1 Å². The Morgan fingerprint density at radius 2 is 2.16 bits per heavy atom. The van der Waals surface area contributed by atoms with E-state index in [0.29, 0.717) is 6.04 Å². The van der Waals surface area contributed by atoms with Gasteiger partial charge in [0.05, 0.1) is 6.61 Å². The van der Waals surface area contributed by atoms with Crippen molar-refractivity contribution in [2.75, 3.05) is 19.8 Å². The summed E-state index contributed by atoms with van der Waals surface area (Å²) < 4.78 is 11.3. The summed E-state index contributed by atoms with van der Waals surface area (Å²) in [5.74, 6) is 0.954. The minimum Gasteiger partial charge on any atom is -0.488 e. The minimum atomic E-state index is 0.222. The molecule has 2 atom stereocenters. The van der Waals surface area contributed by atoms with E-state index in [2.05, 4.69) is 43.4 Å². The Labute approximate surface area is 116 Å². The van der Waals surface area contributed by atoms with Gasteiger partial charge in [0.15, 0.2) is 0 Å². The van der Waals surface area contributed by atoms with Crippen molar-refractivity contribution in [3.05, 3.63) is 29.8 Å². The molecule has 1 saturated heterocycles. The van der Waals surface area contributed by atoms with Crippen molar-refractivity contribution in [1.29, 1.82) is 0 Å². The highest BCUT2D eigenvalue weighted by atomic mass is 16.5. The summed E-state index contributed by atoms with van der Waals surface area (Å²) in [6.45, 7) is 6.97. The van der Waals surface area contributed by atoms with Crippen LogP contribution in [0.2, 0.25) is 0 Å². The van der Waals surface area contributed by atoms with Crippen molar-refractivity contribution < 1.29 is 9.47 Å². The molecule has 0 amide bonds. The highest BCUT2D eigenvalue weighted by molar-refractivity contribution is 5.28. The van der Waals surface area contributed by atoms with Gasteiger partial charge in [0.25, 0.3) is 0 Å². The molecule has 1 aliphatic heterocycles. The zero-order valence-corrected chi connectivity index (χ0v) is 12.0. The first-order chi connectivity index (χ1) is 9.28. The van der Waals surface area contributed by atoms with Crippen LogP contribution in [-0.4, -0.2) is 31.9 Å². The van der Waals surface area contributed by atoms with E-state index in [9.17, 15) is 0 Å². The first-order valence-corrected chi connectivity index (χ1v) is 7.34. The Hall–Kier alpha value is -1.06. The second-order valence-electron chi connectivity index (χ2n) is 5.26. The van der Waals surface area contributed by atoms with E-state index < -0.39 is 0 Å². The lowest BCUT2D eigenvalue weighted by molar-refractivity contribution is 0.00742. The summed E-state index contributed by atoms with van der Waals surface area (Å²) in [5.41, 5.74) is 1.35. The van der Waals surface area contributed by atoms with Gasteiger partial charge in [-0.05, 0) is 50.4 Å². The van der Waals surface area contributed by atoms with Crippen molar-refractivity contribution in [3.63, 3.8) is 0 Å². The Kier molecular flexibility index (Phi) is 5.67. The lowest BCUT2D eigenvalue weighted by atomic mass is 10.1. The number of ether oxygens (including phenoxy) is 2. The van der Waals surface area contributed by atoms with E-state index in [1.807, 2.05) is 0 Å². The molecule has 1 aliphatic rings. The van der Waals surface area contributed by atoms with Crippen molar-refractivity contribution in [2.45, 2.75) is 45.3 Å². The number of likely N-dealkylation sites (N-methyl/N-ethyl adjacent to an activating group) is 1. The van der Waals surface area contributed by atoms with E-state index in [1.54, 1.807) is 0 Å². The van der Waals surface area contributed by atoms with Crippen molar-refractivity contribution >= 4 is 0 Å². The van der Waals surface area contributed by atoms with Crippen LogP contribution in [0.3, 0.4) is 0 Å². The molecule has 0 bridgehead atoms. The summed E-state index contributed by atoms with van der Waals surface area (Å²) in [6, 6.07) is 8.98. The number of nitrogens with one attached hydrogen (secondary N) is 1. The molecule has 0 spiro atoms. The third-order valence-electron chi connectivity index (χ3n) is 3.44. The van der Waals surface area contributed by atoms with Crippen LogP contribution in [0.15, 0.2) is 24.3 Å². The van der Waals surface area contributed by atoms with Gasteiger partial charge in [-0.2, -0.15) is 0 Å². The average Bonchev–Trinajstić information content (AvgIpc) is 2.42. The number of hydrogen-bond donors (Lipinski definition) is 1. The van der Waals surface area contributed by atoms with E-state index in [4.69, 9.17) is 9.47 Å². The molecule has 0 saturated carbocycles. The summed E-state index contributed by atoms with van der Waals surface area (Å²) in [6.07, 6.45) is 3.48. The molecule has 1 N–H and O–H groups in total. The monoisotopic (exact) mass is 263 g/mol. The first-order valence-electron chi connectivity index (χ1n) is 7.34.